The van der Waals surface area contributed by atoms with Crippen LogP contribution < -0.4 is 20.7 Å². The Bertz CT molecular complexity index is 778. The largest absolute Gasteiger partial charge is 0.478 e. The molecule has 2 atom stereocenters. The monoisotopic (exact) mass is 460 g/mol. The van der Waals surface area contributed by atoms with Crippen molar-refractivity contribution in [2.45, 2.75) is 63.6 Å². The molecule has 2 aliphatic rings. The van der Waals surface area contributed by atoms with Gasteiger partial charge in [0.05, 0.1) is 12.3 Å². The Morgan fingerprint density at radius 1 is 1.32 bits per heavy atom. The SMILES string of the molecule is CCCCS(=O)(=O)NC(CCCCCNC1=NCCN1)(NC(=O)C1CC=NO1)C(=O)O. The zero-order valence-corrected chi connectivity index (χ0v) is 18.5. The highest BCUT2D eigenvalue weighted by molar-refractivity contribution is 7.89. The van der Waals surface area contributed by atoms with Gasteiger partial charge in [0.15, 0.2) is 5.96 Å². The first-order valence-corrected chi connectivity index (χ1v) is 12.2. The summed E-state index contributed by atoms with van der Waals surface area (Å²) in [5, 5.41) is 22.0. The number of carbonyl (C=O) groups is 2. The molecular formula is C18H32N6O6S. The summed E-state index contributed by atoms with van der Waals surface area (Å²) >= 11 is 0. The predicted molar refractivity (Wildman–Crippen MR) is 115 cm³/mol. The Kier molecular flexibility index (Phi) is 9.49. The number of hydrogen-bond acceptors (Lipinski definition) is 9. The van der Waals surface area contributed by atoms with Crippen LogP contribution in [0.4, 0.5) is 0 Å². The number of aliphatic carboxylic acids is 1. The quantitative estimate of drug-likeness (QED) is 0.170. The van der Waals surface area contributed by atoms with Crippen LogP contribution in [0, 0.1) is 0 Å². The van der Waals surface area contributed by atoms with Crippen molar-refractivity contribution in [3.05, 3.63) is 0 Å². The zero-order valence-electron chi connectivity index (χ0n) is 17.7. The van der Waals surface area contributed by atoms with Crippen LogP contribution in [0.5, 0.6) is 0 Å². The summed E-state index contributed by atoms with van der Waals surface area (Å²) in [6.45, 7) is 4.02. The Labute approximate surface area is 182 Å². The maximum Gasteiger partial charge on any atom is 0.345 e. The molecule has 0 aromatic heterocycles. The Balaban J connectivity index is 1.99. The lowest BCUT2D eigenvalue weighted by Gasteiger charge is -2.32. The standard InChI is InChI=1S/C18H32N6O6S/c1-2-3-13-31(28,29)24-18(16(26)27,23-15(25)14-7-10-22-30-14)8-5-4-6-9-19-17-20-11-12-21-17/h10,14,24H,2-9,11-13H2,1H3,(H,23,25)(H,26,27)(H2,19,20,21). The molecule has 2 rings (SSSR count). The molecule has 0 radical (unpaired) electrons. The van der Waals surface area contributed by atoms with Gasteiger partial charge in [0, 0.05) is 25.7 Å². The van der Waals surface area contributed by atoms with Crippen molar-refractivity contribution >= 4 is 34.1 Å². The molecule has 0 fully saturated rings. The van der Waals surface area contributed by atoms with E-state index in [2.05, 4.69) is 30.8 Å². The average molecular weight is 461 g/mol. The van der Waals surface area contributed by atoms with E-state index in [1.54, 1.807) is 0 Å². The van der Waals surface area contributed by atoms with Crippen LogP contribution in [-0.2, 0) is 24.4 Å². The van der Waals surface area contributed by atoms with Crippen LogP contribution in [0.2, 0.25) is 0 Å². The summed E-state index contributed by atoms with van der Waals surface area (Å²) in [6, 6.07) is 0. The van der Waals surface area contributed by atoms with Crippen molar-refractivity contribution in [3.63, 3.8) is 0 Å². The average Bonchev–Trinajstić information content (AvgIpc) is 3.42. The van der Waals surface area contributed by atoms with E-state index in [-0.39, 0.29) is 18.6 Å². The molecular weight excluding hydrogens is 428 g/mol. The van der Waals surface area contributed by atoms with Crippen LogP contribution >= 0.6 is 0 Å². The molecule has 0 saturated heterocycles. The molecule has 0 aromatic carbocycles. The number of guanidine groups is 1. The van der Waals surface area contributed by atoms with Crippen molar-refractivity contribution in [2.24, 2.45) is 10.1 Å². The van der Waals surface area contributed by atoms with Gasteiger partial charge in [-0.15, -0.1) is 0 Å². The third-order valence-electron chi connectivity index (χ3n) is 4.87. The van der Waals surface area contributed by atoms with Crippen molar-refractivity contribution in [3.8, 4) is 0 Å². The Morgan fingerprint density at radius 3 is 2.74 bits per heavy atom. The van der Waals surface area contributed by atoms with Crippen LogP contribution in [0.3, 0.4) is 0 Å². The minimum Gasteiger partial charge on any atom is -0.478 e. The number of nitrogens with zero attached hydrogens (tertiary/aromatic N) is 2. The lowest BCUT2D eigenvalue weighted by Crippen LogP contribution is -2.67. The highest BCUT2D eigenvalue weighted by atomic mass is 32.2. The van der Waals surface area contributed by atoms with E-state index in [0.29, 0.717) is 32.2 Å². The van der Waals surface area contributed by atoms with E-state index >= 15 is 0 Å². The van der Waals surface area contributed by atoms with Gasteiger partial charge in [0.2, 0.25) is 21.8 Å². The summed E-state index contributed by atoms with van der Waals surface area (Å²) in [5.41, 5.74) is -2.15. The molecule has 31 heavy (non-hydrogen) atoms. The van der Waals surface area contributed by atoms with E-state index in [9.17, 15) is 23.1 Å². The minimum atomic E-state index is -3.93. The number of sulfonamides is 1. The number of oxime groups is 1. The molecule has 176 valence electrons. The topological polar surface area (TPSA) is 171 Å². The van der Waals surface area contributed by atoms with Gasteiger partial charge in [-0.1, -0.05) is 24.9 Å². The van der Waals surface area contributed by atoms with Gasteiger partial charge in [-0.3, -0.25) is 9.79 Å². The van der Waals surface area contributed by atoms with E-state index in [4.69, 9.17) is 4.84 Å². The van der Waals surface area contributed by atoms with Gasteiger partial charge >= 0.3 is 5.97 Å². The summed E-state index contributed by atoms with van der Waals surface area (Å²) in [5.74, 6) is -1.68. The van der Waals surface area contributed by atoms with E-state index in [1.165, 1.54) is 6.21 Å². The molecule has 0 aromatic rings. The van der Waals surface area contributed by atoms with Crippen molar-refractivity contribution in [2.75, 3.05) is 25.4 Å². The molecule has 0 spiro atoms. The van der Waals surface area contributed by atoms with Crippen LogP contribution in [0.25, 0.3) is 0 Å². The van der Waals surface area contributed by atoms with Gasteiger partial charge in [0.1, 0.15) is 0 Å². The maximum absolute atomic E-state index is 12.5. The molecule has 1 amide bonds. The molecule has 0 bridgehead atoms. The molecule has 13 heteroatoms. The third-order valence-corrected chi connectivity index (χ3v) is 6.35. The number of amides is 1. The van der Waals surface area contributed by atoms with E-state index in [1.807, 2.05) is 6.92 Å². The van der Waals surface area contributed by atoms with Gasteiger partial charge in [-0.2, -0.15) is 4.72 Å². The first-order chi connectivity index (χ1) is 14.8. The number of carbonyl (C=O) groups excluding carboxylic acids is 1. The number of rotatable bonds is 14. The fourth-order valence-electron chi connectivity index (χ4n) is 3.15. The summed E-state index contributed by atoms with van der Waals surface area (Å²) in [4.78, 5) is 33.8. The number of nitrogens with one attached hydrogen (secondary N) is 4. The third kappa shape index (κ3) is 7.98. The van der Waals surface area contributed by atoms with Crippen LogP contribution in [0.15, 0.2) is 10.1 Å². The molecule has 0 saturated carbocycles. The summed E-state index contributed by atoms with van der Waals surface area (Å²) in [7, 11) is -3.93. The molecule has 2 aliphatic heterocycles. The van der Waals surface area contributed by atoms with Crippen molar-refractivity contribution in [1.82, 2.24) is 20.7 Å². The fourth-order valence-corrected chi connectivity index (χ4v) is 4.70. The fraction of sp³-hybridized carbons (Fsp3) is 0.778. The lowest BCUT2D eigenvalue weighted by molar-refractivity contribution is -0.151. The normalized spacial score (nSPS) is 19.8. The highest BCUT2D eigenvalue weighted by Gasteiger charge is 2.44. The second kappa shape index (κ2) is 11.8. The minimum absolute atomic E-state index is 0.105. The summed E-state index contributed by atoms with van der Waals surface area (Å²) < 4.78 is 27.2. The number of carboxylic acid groups (broad SMARTS) is 1. The number of carboxylic acids is 1. The first-order valence-electron chi connectivity index (χ1n) is 10.5. The number of hydrogen-bond donors (Lipinski definition) is 5. The summed E-state index contributed by atoms with van der Waals surface area (Å²) in [6.07, 6.45) is 3.25. The number of aliphatic imine (C=N–C) groups is 1. The van der Waals surface area contributed by atoms with Crippen LogP contribution in [-0.4, -0.2) is 74.7 Å². The van der Waals surface area contributed by atoms with Gasteiger partial charge in [0.25, 0.3) is 5.91 Å². The zero-order chi connectivity index (χ0) is 22.7. The lowest BCUT2D eigenvalue weighted by atomic mass is 10.0. The second-order valence-electron chi connectivity index (χ2n) is 7.49. The Morgan fingerprint density at radius 2 is 2.13 bits per heavy atom. The first kappa shape index (κ1) is 24.9. The van der Waals surface area contributed by atoms with Gasteiger partial charge in [-0.25, -0.2) is 13.2 Å². The molecule has 2 heterocycles. The second-order valence-corrected chi connectivity index (χ2v) is 9.33. The van der Waals surface area contributed by atoms with Gasteiger partial charge in [-0.05, 0) is 25.7 Å². The highest BCUT2D eigenvalue weighted by Crippen LogP contribution is 2.17. The van der Waals surface area contributed by atoms with Crippen LogP contribution in [0.1, 0.15) is 51.9 Å². The molecule has 5 N–H and O–H groups in total. The van der Waals surface area contributed by atoms with E-state index < -0.39 is 33.7 Å². The molecule has 2 unspecified atom stereocenters. The smallest absolute Gasteiger partial charge is 0.345 e. The van der Waals surface area contributed by atoms with E-state index in [0.717, 1.165) is 25.5 Å². The predicted octanol–water partition coefficient (Wildman–Crippen LogP) is -0.513. The van der Waals surface area contributed by atoms with Crippen molar-refractivity contribution in [1.29, 1.82) is 0 Å². The molecule has 0 aliphatic carbocycles. The van der Waals surface area contributed by atoms with Gasteiger partial charge < -0.3 is 25.9 Å². The molecule has 12 nitrogen and oxygen atoms in total. The van der Waals surface area contributed by atoms with Crippen molar-refractivity contribution < 1.29 is 28.0 Å². The number of unbranched alkanes of at least 4 members (excludes halogenated alkanes) is 3. The Hall–Kier alpha value is -2.41. The maximum atomic E-state index is 12.5.